The fourth-order valence-electron chi connectivity index (χ4n) is 3.40. The van der Waals surface area contributed by atoms with E-state index < -0.39 is 11.9 Å². The Hall–Kier alpha value is -2.51. The third kappa shape index (κ3) is 4.17. The minimum absolute atomic E-state index is 0.0729. The van der Waals surface area contributed by atoms with E-state index in [1.54, 1.807) is 26.6 Å². The molecule has 1 fully saturated rings. The van der Waals surface area contributed by atoms with Crippen molar-refractivity contribution in [2.45, 2.75) is 19.1 Å². The summed E-state index contributed by atoms with van der Waals surface area (Å²) in [6, 6.07) is 7.66. The van der Waals surface area contributed by atoms with Gasteiger partial charge in [0.05, 0.1) is 13.0 Å². The fourth-order valence-corrected chi connectivity index (χ4v) is 3.40. The normalized spacial score (nSPS) is 20.2. The van der Waals surface area contributed by atoms with Crippen molar-refractivity contribution >= 4 is 5.97 Å². The number of ether oxygens (including phenoxy) is 2. The van der Waals surface area contributed by atoms with Crippen LogP contribution in [0.4, 0.5) is 0 Å². The maximum Gasteiger partial charge on any atom is 0.308 e. The van der Waals surface area contributed by atoms with Gasteiger partial charge in [-0.1, -0.05) is 12.1 Å². The molecular weight excluding hydrogens is 334 g/mol. The van der Waals surface area contributed by atoms with Crippen LogP contribution in [0.2, 0.25) is 0 Å². The fraction of sp³-hybridized carbons (Fsp3) is 0.421. The van der Waals surface area contributed by atoms with Gasteiger partial charge in [0.2, 0.25) is 0 Å². The summed E-state index contributed by atoms with van der Waals surface area (Å²) in [4.78, 5) is 22.4. The van der Waals surface area contributed by atoms with Crippen molar-refractivity contribution in [3.05, 3.63) is 53.6 Å². The van der Waals surface area contributed by atoms with E-state index in [9.17, 15) is 9.90 Å². The van der Waals surface area contributed by atoms with E-state index >= 15 is 0 Å². The molecule has 7 nitrogen and oxygen atoms in total. The Morgan fingerprint density at radius 1 is 1.27 bits per heavy atom. The summed E-state index contributed by atoms with van der Waals surface area (Å²) < 4.78 is 10.3. The van der Waals surface area contributed by atoms with E-state index in [4.69, 9.17) is 9.47 Å². The average molecular weight is 357 g/mol. The molecule has 0 unspecified atom stereocenters. The SMILES string of the molecule is COCc1ncc(CN2C[C@@H](C(=O)O)[C@H](c3cccc(OC)c3)C2)cn1. The van der Waals surface area contributed by atoms with Crippen molar-refractivity contribution in [2.24, 2.45) is 5.92 Å². The summed E-state index contributed by atoms with van der Waals surface area (Å²) in [6.45, 7) is 2.17. The second kappa shape index (κ2) is 8.25. The number of carboxylic acids is 1. The van der Waals surface area contributed by atoms with E-state index in [2.05, 4.69) is 14.9 Å². The lowest BCUT2D eigenvalue weighted by Crippen LogP contribution is -2.23. The molecule has 0 spiro atoms. The van der Waals surface area contributed by atoms with Gasteiger partial charge in [-0.15, -0.1) is 0 Å². The van der Waals surface area contributed by atoms with Crippen molar-refractivity contribution in [1.29, 1.82) is 0 Å². The van der Waals surface area contributed by atoms with E-state index in [1.807, 2.05) is 24.3 Å². The quantitative estimate of drug-likeness (QED) is 0.810. The van der Waals surface area contributed by atoms with Crippen molar-refractivity contribution in [3.63, 3.8) is 0 Å². The summed E-state index contributed by atoms with van der Waals surface area (Å²) in [5.41, 5.74) is 1.95. The number of nitrogens with zero attached hydrogens (tertiary/aromatic N) is 3. The van der Waals surface area contributed by atoms with Crippen LogP contribution in [0.15, 0.2) is 36.7 Å². The van der Waals surface area contributed by atoms with Crippen LogP contribution in [0, 0.1) is 5.92 Å². The number of aromatic nitrogens is 2. The van der Waals surface area contributed by atoms with Crippen LogP contribution >= 0.6 is 0 Å². The highest BCUT2D eigenvalue weighted by Crippen LogP contribution is 2.35. The predicted octanol–water partition coefficient (Wildman–Crippen LogP) is 1.93. The van der Waals surface area contributed by atoms with E-state index in [0.29, 0.717) is 32.1 Å². The van der Waals surface area contributed by atoms with Gasteiger partial charge in [-0.25, -0.2) is 9.97 Å². The summed E-state index contributed by atoms with van der Waals surface area (Å²) in [5, 5.41) is 9.65. The highest BCUT2D eigenvalue weighted by molar-refractivity contribution is 5.72. The highest BCUT2D eigenvalue weighted by Gasteiger charge is 2.38. The Morgan fingerprint density at radius 3 is 2.69 bits per heavy atom. The summed E-state index contributed by atoms with van der Waals surface area (Å²) in [6.07, 6.45) is 3.55. The zero-order valence-corrected chi connectivity index (χ0v) is 15.0. The smallest absolute Gasteiger partial charge is 0.308 e. The van der Waals surface area contributed by atoms with Crippen LogP contribution in [0.25, 0.3) is 0 Å². The Morgan fingerprint density at radius 2 is 2.04 bits per heavy atom. The number of carbonyl (C=O) groups is 1. The van der Waals surface area contributed by atoms with Crippen molar-refractivity contribution in [3.8, 4) is 5.75 Å². The highest BCUT2D eigenvalue weighted by atomic mass is 16.5. The molecule has 26 heavy (non-hydrogen) atoms. The predicted molar refractivity (Wildman–Crippen MR) is 94.9 cm³/mol. The third-order valence-corrected chi connectivity index (χ3v) is 4.67. The lowest BCUT2D eigenvalue weighted by molar-refractivity contribution is -0.141. The summed E-state index contributed by atoms with van der Waals surface area (Å²) in [7, 11) is 3.22. The van der Waals surface area contributed by atoms with Gasteiger partial charge in [0.25, 0.3) is 0 Å². The summed E-state index contributed by atoms with van der Waals surface area (Å²) >= 11 is 0. The Balaban J connectivity index is 1.73. The lowest BCUT2D eigenvalue weighted by atomic mass is 9.89. The van der Waals surface area contributed by atoms with Gasteiger partial charge in [0.1, 0.15) is 12.4 Å². The average Bonchev–Trinajstić information content (AvgIpc) is 3.08. The molecule has 0 amide bonds. The number of methoxy groups -OCH3 is 2. The maximum atomic E-state index is 11.8. The van der Waals surface area contributed by atoms with E-state index in [1.165, 1.54) is 0 Å². The van der Waals surface area contributed by atoms with Crippen LogP contribution < -0.4 is 4.74 Å². The molecule has 138 valence electrons. The molecule has 3 rings (SSSR count). The number of hydrogen-bond donors (Lipinski definition) is 1. The molecule has 0 saturated carbocycles. The van der Waals surface area contributed by atoms with Crippen molar-refractivity contribution < 1.29 is 19.4 Å². The van der Waals surface area contributed by atoms with Gasteiger partial charge in [0, 0.05) is 50.6 Å². The topological polar surface area (TPSA) is 84.8 Å². The molecule has 1 N–H and O–H groups in total. The molecule has 2 heterocycles. The van der Waals surface area contributed by atoms with Crippen LogP contribution in [-0.4, -0.2) is 53.3 Å². The largest absolute Gasteiger partial charge is 0.497 e. The molecule has 1 aliphatic rings. The molecule has 1 saturated heterocycles. The van der Waals surface area contributed by atoms with Crippen molar-refractivity contribution in [2.75, 3.05) is 27.3 Å². The van der Waals surface area contributed by atoms with Crippen LogP contribution in [0.1, 0.15) is 22.9 Å². The van der Waals surface area contributed by atoms with Gasteiger partial charge >= 0.3 is 5.97 Å². The number of carboxylic acid groups (broad SMARTS) is 1. The molecule has 0 aliphatic carbocycles. The Bertz CT molecular complexity index is 751. The van der Waals surface area contributed by atoms with Crippen molar-refractivity contribution in [1.82, 2.24) is 14.9 Å². The van der Waals surface area contributed by atoms with Gasteiger partial charge in [0.15, 0.2) is 5.82 Å². The first-order valence-corrected chi connectivity index (χ1v) is 8.48. The van der Waals surface area contributed by atoms with Crippen LogP contribution in [0.5, 0.6) is 5.75 Å². The second-order valence-corrected chi connectivity index (χ2v) is 6.46. The molecule has 7 heteroatoms. The zero-order chi connectivity index (χ0) is 18.5. The lowest BCUT2D eigenvalue weighted by Gasteiger charge is -2.16. The Labute approximate surface area is 152 Å². The maximum absolute atomic E-state index is 11.8. The first-order chi connectivity index (χ1) is 12.6. The van der Waals surface area contributed by atoms with Gasteiger partial charge < -0.3 is 14.6 Å². The molecule has 0 radical (unpaired) electrons. The first-order valence-electron chi connectivity index (χ1n) is 8.48. The number of likely N-dealkylation sites (tertiary alicyclic amines) is 1. The molecule has 1 aromatic heterocycles. The number of rotatable bonds is 7. The third-order valence-electron chi connectivity index (χ3n) is 4.67. The molecule has 1 aromatic carbocycles. The minimum atomic E-state index is -0.771. The molecule has 0 bridgehead atoms. The molecule has 2 aromatic rings. The van der Waals surface area contributed by atoms with Crippen LogP contribution in [-0.2, 0) is 22.7 Å². The minimum Gasteiger partial charge on any atom is -0.497 e. The number of hydrogen-bond acceptors (Lipinski definition) is 6. The zero-order valence-electron chi connectivity index (χ0n) is 15.0. The number of aliphatic carboxylic acids is 1. The first kappa shape index (κ1) is 18.3. The van der Waals surface area contributed by atoms with Gasteiger partial charge in [-0.2, -0.15) is 0 Å². The standard InChI is InChI=1S/C19H23N3O4/c1-25-12-18-20-7-13(8-21-18)9-22-10-16(17(11-22)19(23)24)14-4-3-5-15(6-14)26-2/h3-8,16-17H,9-12H2,1-2H3,(H,23,24)/t16-,17+/m0/s1. The van der Waals surface area contributed by atoms with Gasteiger partial charge in [-0.05, 0) is 17.7 Å². The monoisotopic (exact) mass is 357 g/mol. The summed E-state index contributed by atoms with van der Waals surface area (Å²) in [5.74, 6) is 0.0849. The molecule has 1 aliphatic heterocycles. The molecular formula is C19H23N3O4. The van der Waals surface area contributed by atoms with E-state index in [0.717, 1.165) is 16.9 Å². The van der Waals surface area contributed by atoms with E-state index in [-0.39, 0.29) is 5.92 Å². The Kier molecular flexibility index (Phi) is 5.80. The number of benzene rings is 1. The second-order valence-electron chi connectivity index (χ2n) is 6.46. The van der Waals surface area contributed by atoms with Crippen LogP contribution in [0.3, 0.4) is 0 Å². The molecule has 2 atom stereocenters. The van der Waals surface area contributed by atoms with Gasteiger partial charge in [-0.3, -0.25) is 9.69 Å².